The number of nitrogens with zero attached hydrogens (tertiary/aromatic N) is 2. The first-order valence-electron chi connectivity index (χ1n) is 10.1. The van der Waals surface area contributed by atoms with Crippen LogP contribution in [0.5, 0.6) is 5.75 Å². The fraction of sp³-hybridized carbons (Fsp3) is 0.292. The van der Waals surface area contributed by atoms with E-state index in [2.05, 4.69) is 46.5 Å². The van der Waals surface area contributed by atoms with Crippen LogP contribution < -0.4 is 15.0 Å². The highest BCUT2D eigenvalue weighted by Gasteiger charge is 2.23. The minimum Gasteiger partial charge on any atom is -0.497 e. The number of anilines is 3. The molecule has 6 nitrogen and oxygen atoms in total. The number of benzene rings is 2. The maximum atomic E-state index is 9.54. The van der Waals surface area contributed by atoms with Gasteiger partial charge >= 0.3 is 0 Å². The van der Waals surface area contributed by atoms with Crippen molar-refractivity contribution in [2.75, 3.05) is 30.9 Å². The van der Waals surface area contributed by atoms with Gasteiger partial charge in [0, 0.05) is 48.7 Å². The molecule has 156 valence electrons. The number of hydrogen-bond acceptors (Lipinski definition) is 6. The van der Waals surface area contributed by atoms with Crippen LogP contribution in [-0.2, 0) is 6.42 Å². The molecule has 1 aromatic heterocycles. The van der Waals surface area contributed by atoms with E-state index in [-0.39, 0.29) is 0 Å². The second kappa shape index (κ2) is 8.73. The first kappa shape index (κ1) is 20.2. The standard InChI is InChI=1S/C24H27N3O3/c1-27(18-4-3-5-20(13-18)30-2)19-8-9-21-16(12-19)6-7-17(21)14-26-23-15-25-11-10-22(23)24(28)29/h3-5,8-13,15,17,24,26,28-29H,6-7,14H2,1-2H3/t17-/m0/s1. The fourth-order valence-corrected chi connectivity index (χ4v) is 4.09. The van der Waals surface area contributed by atoms with Gasteiger partial charge in [-0.05, 0) is 54.3 Å². The quantitative estimate of drug-likeness (QED) is 0.516. The van der Waals surface area contributed by atoms with Gasteiger partial charge in [-0.3, -0.25) is 4.98 Å². The Morgan fingerprint density at radius 3 is 2.80 bits per heavy atom. The van der Waals surface area contributed by atoms with Gasteiger partial charge in [-0.2, -0.15) is 0 Å². The Kier molecular flexibility index (Phi) is 5.88. The van der Waals surface area contributed by atoms with Crippen LogP contribution in [0.25, 0.3) is 0 Å². The largest absolute Gasteiger partial charge is 0.497 e. The van der Waals surface area contributed by atoms with Gasteiger partial charge in [0.05, 0.1) is 19.0 Å². The molecule has 4 rings (SSSR count). The number of aryl methyl sites for hydroxylation is 1. The summed E-state index contributed by atoms with van der Waals surface area (Å²) in [6.45, 7) is 0.726. The van der Waals surface area contributed by atoms with Crippen LogP contribution in [0.2, 0.25) is 0 Å². The van der Waals surface area contributed by atoms with Crippen molar-refractivity contribution >= 4 is 17.1 Å². The second-order valence-corrected chi connectivity index (χ2v) is 7.60. The Hall–Kier alpha value is -3.09. The number of fused-ring (bicyclic) bond motifs is 1. The topological polar surface area (TPSA) is 77.9 Å². The molecule has 6 heteroatoms. The SMILES string of the molecule is COc1cccc(N(C)c2ccc3c(c2)CC[C@H]3CNc2cnccc2C(O)O)c1. The molecule has 0 saturated carbocycles. The van der Waals surface area contributed by atoms with E-state index < -0.39 is 6.29 Å². The van der Waals surface area contributed by atoms with Gasteiger partial charge in [0.25, 0.3) is 0 Å². The molecule has 0 fully saturated rings. The molecule has 2 aromatic carbocycles. The van der Waals surface area contributed by atoms with Crippen molar-refractivity contribution in [3.63, 3.8) is 0 Å². The normalized spacial score (nSPS) is 15.2. The zero-order chi connectivity index (χ0) is 21.1. The highest BCUT2D eigenvalue weighted by molar-refractivity contribution is 5.65. The summed E-state index contributed by atoms with van der Waals surface area (Å²) in [7, 11) is 3.74. The molecule has 1 heterocycles. The van der Waals surface area contributed by atoms with Gasteiger partial charge in [0.2, 0.25) is 0 Å². The number of aromatic nitrogens is 1. The van der Waals surface area contributed by atoms with Gasteiger partial charge in [-0.15, -0.1) is 0 Å². The summed E-state index contributed by atoms with van der Waals surface area (Å²) in [6.07, 6.45) is 3.78. The predicted molar refractivity (Wildman–Crippen MR) is 118 cm³/mol. The third-order valence-electron chi connectivity index (χ3n) is 5.83. The molecule has 30 heavy (non-hydrogen) atoms. The van der Waals surface area contributed by atoms with Gasteiger partial charge < -0.3 is 25.2 Å². The Morgan fingerprint density at radius 2 is 2.00 bits per heavy atom. The van der Waals surface area contributed by atoms with Gasteiger partial charge in [0.1, 0.15) is 5.75 Å². The fourth-order valence-electron chi connectivity index (χ4n) is 4.09. The molecule has 3 aromatic rings. The first-order valence-corrected chi connectivity index (χ1v) is 10.1. The number of hydrogen-bond donors (Lipinski definition) is 3. The summed E-state index contributed by atoms with van der Waals surface area (Å²) in [5.41, 5.74) is 6.04. The number of pyridine rings is 1. The number of aliphatic hydroxyl groups excluding tert-OH is 1. The van der Waals surface area contributed by atoms with E-state index in [1.54, 1.807) is 25.6 Å². The van der Waals surface area contributed by atoms with Crippen LogP contribution in [0.3, 0.4) is 0 Å². The minimum absolute atomic E-state index is 0.375. The second-order valence-electron chi connectivity index (χ2n) is 7.60. The molecule has 1 aliphatic carbocycles. The minimum atomic E-state index is -1.51. The lowest BCUT2D eigenvalue weighted by molar-refractivity contribution is -0.0419. The summed E-state index contributed by atoms with van der Waals surface area (Å²) in [5.74, 6) is 1.22. The van der Waals surface area contributed by atoms with E-state index in [9.17, 15) is 10.2 Å². The lowest BCUT2D eigenvalue weighted by Crippen LogP contribution is -2.13. The smallest absolute Gasteiger partial charge is 0.180 e. The molecule has 0 unspecified atom stereocenters. The van der Waals surface area contributed by atoms with Gasteiger partial charge in [-0.25, -0.2) is 0 Å². The van der Waals surface area contributed by atoms with Gasteiger partial charge in [-0.1, -0.05) is 12.1 Å². The molecular formula is C24H27N3O3. The number of nitrogens with one attached hydrogen (secondary N) is 1. The van der Waals surface area contributed by atoms with Crippen molar-refractivity contribution in [3.8, 4) is 5.75 Å². The molecule has 0 spiro atoms. The molecule has 0 saturated heterocycles. The van der Waals surface area contributed by atoms with Crippen molar-refractivity contribution in [2.45, 2.75) is 25.0 Å². The zero-order valence-electron chi connectivity index (χ0n) is 17.2. The van der Waals surface area contributed by atoms with Gasteiger partial charge in [0.15, 0.2) is 6.29 Å². The molecule has 0 aliphatic heterocycles. The molecule has 0 amide bonds. The molecule has 1 atom stereocenters. The summed E-state index contributed by atoms with van der Waals surface area (Å²) >= 11 is 0. The first-order chi connectivity index (χ1) is 14.6. The van der Waals surface area contributed by atoms with Crippen molar-refractivity contribution < 1.29 is 14.9 Å². The van der Waals surface area contributed by atoms with Crippen LogP contribution in [0, 0.1) is 0 Å². The van der Waals surface area contributed by atoms with E-state index in [1.165, 1.54) is 11.1 Å². The maximum Gasteiger partial charge on any atom is 0.180 e. The highest BCUT2D eigenvalue weighted by atomic mass is 16.5. The summed E-state index contributed by atoms with van der Waals surface area (Å²) in [4.78, 5) is 6.26. The molecule has 0 radical (unpaired) electrons. The molecule has 3 N–H and O–H groups in total. The zero-order valence-corrected chi connectivity index (χ0v) is 17.2. The summed E-state index contributed by atoms with van der Waals surface area (Å²) in [6, 6.07) is 16.3. The third kappa shape index (κ3) is 4.10. The van der Waals surface area contributed by atoms with E-state index in [4.69, 9.17) is 4.74 Å². The average Bonchev–Trinajstić information content (AvgIpc) is 3.19. The van der Waals surface area contributed by atoms with Crippen LogP contribution in [0.1, 0.15) is 35.3 Å². The van der Waals surface area contributed by atoms with Crippen LogP contribution in [0.4, 0.5) is 17.1 Å². The number of methoxy groups -OCH3 is 1. The van der Waals surface area contributed by atoms with Crippen molar-refractivity contribution in [1.29, 1.82) is 0 Å². The Morgan fingerprint density at radius 1 is 1.17 bits per heavy atom. The van der Waals surface area contributed by atoms with E-state index >= 15 is 0 Å². The Labute approximate surface area is 176 Å². The number of rotatable bonds is 7. The van der Waals surface area contributed by atoms with Crippen molar-refractivity contribution in [3.05, 3.63) is 77.6 Å². The number of ether oxygens (including phenoxy) is 1. The van der Waals surface area contributed by atoms with Crippen molar-refractivity contribution in [1.82, 2.24) is 4.98 Å². The van der Waals surface area contributed by atoms with E-state index in [0.29, 0.717) is 17.2 Å². The molecule has 1 aliphatic rings. The lowest BCUT2D eigenvalue weighted by atomic mass is 10.0. The molecular weight excluding hydrogens is 378 g/mol. The van der Waals surface area contributed by atoms with Crippen LogP contribution in [0.15, 0.2) is 60.9 Å². The third-order valence-corrected chi connectivity index (χ3v) is 5.83. The predicted octanol–water partition coefficient (Wildman–Crippen LogP) is 3.98. The van der Waals surface area contributed by atoms with Crippen molar-refractivity contribution in [2.24, 2.45) is 0 Å². The Balaban J connectivity index is 1.49. The highest BCUT2D eigenvalue weighted by Crippen LogP contribution is 2.37. The monoisotopic (exact) mass is 405 g/mol. The molecule has 0 bridgehead atoms. The van der Waals surface area contributed by atoms with Crippen LogP contribution >= 0.6 is 0 Å². The number of aliphatic hydroxyl groups is 2. The average molecular weight is 405 g/mol. The van der Waals surface area contributed by atoms with E-state index in [0.717, 1.165) is 36.5 Å². The summed E-state index contributed by atoms with van der Waals surface area (Å²) in [5, 5.41) is 22.4. The lowest BCUT2D eigenvalue weighted by Gasteiger charge is -2.22. The summed E-state index contributed by atoms with van der Waals surface area (Å²) < 4.78 is 5.35. The van der Waals surface area contributed by atoms with E-state index in [1.807, 2.05) is 18.2 Å². The van der Waals surface area contributed by atoms with Crippen LogP contribution in [-0.4, -0.2) is 35.9 Å². The Bertz CT molecular complexity index is 1020. The maximum absolute atomic E-state index is 9.54.